The van der Waals surface area contributed by atoms with E-state index in [0.29, 0.717) is 39.1 Å². The van der Waals surface area contributed by atoms with E-state index in [1.165, 1.54) is 10.3 Å². The molecule has 4 aromatic rings. The van der Waals surface area contributed by atoms with Gasteiger partial charge in [-0.05, 0) is 45.5 Å². The van der Waals surface area contributed by atoms with Crippen LogP contribution in [0.4, 0.5) is 4.79 Å². The van der Waals surface area contributed by atoms with Crippen LogP contribution in [0.3, 0.4) is 0 Å². The number of amides is 2. The van der Waals surface area contributed by atoms with Crippen LogP contribution in [0.15, 0.2) is 97.1 Å². The van der Waals surface area contributed by atoms with E-state index in [1.807, 2.05) is 54.6 Å². The van der Waals surface area contributed by atoms with E-state index >= 15 is 0 Å². The van der Waals surface area contributed by atoms with E-state index in [1.54, 1.807) is 0 Å². The monoisotopic (exact) mass is 508 g/mol. The van der Waals surface area contributed by atoms with Crippen LogP contribution >= 0.6 is 0 Å². The molecule has 0 radical (unpaired) electrons. The van der Waals surface area contributed by atoms with Gasteiger partial charge < -0.3 is 20.1 Å². The van der Waals surface area contributed by atoms with Crippen molar-refractivity contribution in [2.45, 2.75) is 38.0 Å². The number of piperidine rings is 1. The summed E-state index contributed by atoms with van der Waals surface area (Å²) in [4.78, 5) is 25.4. The summed E-state index contributed by atoms with van der Waals surface area (Å²) in [5.41, 5.74) is 4.20. The molecule has 6 nitrogen and oxygen atoms in total. The topological polar surface area (TPSA) is 78.9 Å². The third-order valence-corrected chi connectivity index (χ3v) is 7.21. The average molecular weight is 509 g/mol. The summed E-state index contributed by atoms with van der Waals surface area (Å²) in [5, 5.41) is 14.9. The number of ether oxygens (including phenoxy) is 1. The predicted molar refractivity (Wildman–Crippen MR) is 148 cm³/mol. The first kappa shape index (κ1) is 25.5. The lowest BCUT2D eigenvalue weighted by molar-refractivity contribution is -0.120. The van der Waals surface area contributed by atoms with Crippen molar-refractivity contribution in [2.24, 2.45) is 0 Å². The Bertz CT molecular complexity index is 1390. The summed E-state index contributed by atoms with van der Waals surface area (Å²) in [6.45, 7) is 1.70. The Morgan fingerprint density at radius 1 is 0.842 bits per heavy atom. The molecule has 0 aliphatic carbocycles. The molecule has 2 amide bonds. The minimum Gasteiger partial charge on any atom is -0.465 e. The molecule has 2 N–H and O–H groups in total. The fourth-order valence-electron chi connectivity index (χ4n) is 5.10. The second-order valence-corrected chi connectivity index (χ2v) is 9.84. The molecule has 1 heterocycles. The standard InChI is InChI=1S/C32H32N2O4/c35-31(19-23-6-2-1-3-7-23)33-20-24-10-14-27(15-11-24)29-16-17-34(32(36)37)21-30(29)38-22-25-12-13-26-8-4-5-9-28(26)18-25/h1-15,18,29-30H,16-17,19-22H2,(H,33,35)(H,36,37). The Kier molecular flexibility index (Phi) is 8.00. The van der Waals surface area contributed by atoms with Gasteiger partial charge in [0.1, 0.15) is 0 Å². The zero-order valence-corrected chi connectivity index (χ0v) is 21.3. The van der Waals surface area contributed by atoms with E-state index in [2.05, 4.69) is 47.8 Å². The quantitative estimate of drug-likeness (QED) is 0.318. The van der Waals surface area contributed by atoms with Crippen molar-refractivity contribution in [1.29, 1.82) is 0 Å². The highest BCUT2D eigenvalue weighted by Gasteiger charge is 2.33. The molecule has 0 bridgehead atoms. The van der Waals surface area contributed by atoms with Crippen molar-refractivity contribution in [2.75, 3.05) is 13.1 Å². The highest BCUT2D eigenvalue weighted by molar-refractivity contribution is 5.83. The highest BCUT2D eigenvalue weighted by atomic mass is 16.5. The van der Waals surface area contributed by atoms with E-state index in [0.717, 1.165) is 27.6 Å². The molecule has 5 rings (SSSR count). The molecule has 2 atom stereocenters. The van der Waals surface area contributed by atoms with E-state index in [4.69, 9.17) is 4.74 Å². The molecule has 1 fully saturated rings. The molecule has 4 aromatic carbocycles. The summed E-state index contributed by atoms with van der Waals surface area (Å²) in [7, 11) is 0. The number of carbonyl (C=O) groups is 2. The Balaban J connectivity index is 1.22. The van der Waals surface area contributed by atoms with Crippen LogP contribution in [0, 0.1) is 0 Å². The fourth-order valence-corrected chi connectivity index (χ4v) is 5.10. The van der Waals surface area contributed by atoms with Crippen LogP contribution < -0.4 is 5.32 Å². The SMILES string of the molecule is O=C(Cc1ccccc1)NCc1ccc(C2CCN(C(=O)O)CC2OCc2ccc3ccccc3c2)cc1. The Morgan fingerprint density at radius 3 is 2.32 bits per heavy atom. The molecule has 2 unspecified atom stereocenters. The number of fused-ring (bicyclic) bond motifs is 1. The zero-order valence-electron chi connectivity index (χ0n) is 21.3. The van der Waals surface area contributed by atoms with E-state index in [9.17, 15) is 14.7 Å². The molecule has 38 heavy (non-hydrogen) atoms. The maximum absolute atomic E-state index is 12.3. The number of carboxylic acid groups (broad SMARTS) is 1. The van der Waals surface area contributed by atoms with Crippen molar-refractivity contribution in [3.8, 4) is 0 Å². The fraction of sp³-hybridized carbons (Fsp3) is 0.250. The summed E-state index contributed by atoms with van der Waals surface area (Å²) in [6, 6.07) is 32.4. The van der Waals surface area contributed by atoms with E-state index in [-0.39, 0.29) is 17.9 Å². The molecule has 6 heteroatoms. The Labute approximate surface area is 222 Å². The zero-order chi connectivity index (χ0) is 26.3. The number of carbonyl (C=O) groups excluding carboxylic acids is 1. The van der Waals surface area contributed by atoms with E-state index < -0.39 is 6.09 Å². The molecule has 1 aliphatic heterocycles. The summed E-state index contributed by atoms with van der Waals surface area (Å²) < 4.78 is 6.37. The van der Waals surface area contributed by atoms with Gasteiger partial charge in [-0.1, -0.05) is 91.0 Å². The van der Waals surface area contributed by atoms with Crippen molar-refractivity contribution in [1.82, 2.24) is 10.2 Å². The number of nitrogens with zero attached hydrogens (tertiary/aromatic N) is 1. The van der Waals surface area contributed by atoms with Crippen LogP contribution in [0.25, 0.3) is 10.8 Å². The number of benzene rings is 4. The second-order valence-electron chi connectivity index (χ2n) is 9.84. The summed E-state index contributed by atoms with van der Waals surface area (Å²) in [6.07, 6.45) is -0.105. The van der Waals surface area contributed by atoms with Crippen molar-refractivity contribution >= 4 is 22.8 Å². The van der Waals surface area contributed by atoms with Crippen molar-refractivity contribution in [3.05, 3.63) is 119 Å². The first-order valence-corrected chi connectivity index (χ1v) is 13.0. The van der Waals surface area contributed by atoms with Gasteiger partial charge in [-0.25, -0.2) is 4.79 Å². The van der Waals surface area contributed by atoms with Gasteiger partial charge in [-0.2, -0.15) is 0 Å². The molecule has 0 saturated carbocycles. The lowest BCUT2D eigenvalue weighted by Crippen LogP contribution is -2.46. The minimum absolute atomic E-state index is 0.0107. The van der Waals surface area contributed by atoms with Crippen LogP contribution in [-0.2, 0) is 29.1 Å². The third kappa shape index (κ3) is 6.39. The largest absolute Gasteiger partial charge is 0.465 e. The number of likely N-dealkylation sites (tertiary alicyclic amines) is 1. The highest BCUT2D eigenvalue weighted by Crippen LogP contribution is 2.31. The summed E-state index contributed by atoms with van der Waals surface area (Å²) >= 11 is 0. The Hall–Kier alpha value is -4.16. The molecule has 0 aromatic heterocycles. The number of hydrogen-bond acceptors (Lipinski definition) is 3. The molecule has 1 saturated heterocycles. The molecular weight excluding hydrogens is 476 g/mol. The van der Waals surface area contributed by atoms with Gasteiger partial charge >= 0.3 is 6.09 Å². The van der Waals surface area contributed by atoms with Crippen LogP contribution in [0.2, 0.25) is 0 Å². The van der Waals surface area contributed by atoms with Gasteiger partial charge in [0.05, 0.1) is 25.7 Å². The average Bonchev–Trinajstić information content (AvgIpc) is 2.95. The third-order valence-electron chi connectivity index (χ3n) is 7.21. The molecule has 0 spiro atoms. The maximum Gasteiger partial charge on any atom is 0.407 e. The molecule has 1 aliphatic rings. The first-order valence-electron chi connectivity index (χ1n) is 13.0. The Morgan fingerprint density at radius 2 is 1.55 bits per heavy atom. The lowest BCUT2D eigenvalue weighted by atomic mass is 9.86. The number of rotatable bonds is 8. The van der Waals surface area contributed by atoms with Crippen LogP contribution in [0.5, 0.6) is 0 Å². The van der Waals surface area contributed by atoms with Gasteiger partial charge in [0.15, 0.2) is 0 Å². The van der Waals surface area contributed by atoms with Gasteiger partial charge in [0.25, 0.3) is 0 Å². The van der Waals surface area contributed by atoms with Crippen LogP contribution in [-0.4, -0.2) is 41.2 Å². The smallest absolute Gasteiger partial charge is 0.407 e. The van der Waals surface area contributed by atoms with Gasteiger partial charge in [0, 0.05) is 19.0 Å². The molecular formula is C32H32N2O4. The normalized spacial score (nSPS) is 17.3. The summed E-state index contributed by atoms with van der Waals surface area (Å²) in [5.74, 6) is 0.0799. The van der Waals surface area contributed by atoms with Gasteiger partial charge in [-0.15, -0.1) is 0 Å². The van der Waals surface area contributed by atoms with Crippen molar-refractivity contribution in [3.63, 3.8) is 0 Å². The maximum atomic E-state index is 12.3. The number of nitrogens with one attached hydrogen (secondary N) is 1. The lowest BCUT2D eigenvalue weighted by Gasteiger charge is -2.37. The second kappa shape index (κ2) is 11.9. The predicted octanol–water partition coefficient (Wildman–Crippen LogP) is 5.75. The first-order chi connectivity index (χ1) is 18.5. The van der Waals surface area contributed by atoms with Crippen LogP contribution in [0.1, 0.15) is 34.6 Å². The molecule has 194 valence electrons. The minimum atomic E-state index is -0.913. The van der Waals surface area contributed by atoms with Crippen molar-refractivity contribution < 1.29 is 19.4 Å². The van der Waals surface area contributed by atoms with Gasteiger partial charge in [0.2, 0.25) is 5.91 Å². The van der Waals surface area contributed by atoms with Gasteiger partial charge in [-0.3, -0.25) is 4.79 Å². The number of hydrogen-bond donors (Lipinski definition) is 2.